The lowest BCUT2D eigenvalue weighted by Gasteiger charge is -2.11. The Labute approximate surface area is 108 Å². The van der Waals surface area contributed by atoms with Crippen LogP contribution >= 0.6 is 0 Å². The molecule has 1 aliphatic rings. The van der Waals surface area contributed by atoms with E-state index in [1.807, 2.05) is 13.8 Å². The van der Waals surface area contributed by atoms with Gasteiger partial charge in [0, 0.05) is 19.2 Å². The highest BCUT2D eigenvalue weighted by molar-refractivity contribution is 5.85. The fourth-order valence-electron chi connectivity index (χ4n) is 1.77. The number of carbonyl (C=O) groups excluding carboxylic acids is 2. The lowest BCUT2D eigenvalue weighted by Crippen LogP contribution is -2.43. The van der Waals surface area contributed by atoms with Gasteiger partial charge in [-0.05, 0) is 26.7 Å². The monoisotopic (exact) mass is 257 g/mol. The van der Waals surface area contributed by atoms with Crippen molar-refractivity contribution >= 4 is 11.8 Å². The van der Waals surface area contributed by atoms with Crippen molar-refractivity contribution in [3.8, 4) is 0 Å². The molecule has 0 aromatic carbocycles. The van der Waals surface area contributed by atoms with Gasteiger partial charge in [0.2, 0.25) is 11.8 Å². The summed E-state index contributed by atoms with van der Waals surface area (Å²) < 4.78 is 5.42. The van der Waals surface area contributed by atoms with Gasteiger partial charge in [0.1, 0.15) is 0 Å². The van der Waals surface area contributed by atoms with Gasteiger partial charge in [0.15, 0.2) is 0 Å². The van der Waals surface area contributed by atoms with Crippen LogP contribution in [-0.2, 0) is 14.3 Å². The summed E-state index contributed by atoms with van der Waals surface area (Å²) in [5.74, 6) is -0.343. The van der Waals surface area contributed by atoms with Crippen molar-refractivity contribution in [2.75, 3.05) is 26.2 Å². The smallest absolute Gasteiger partial charge is 0.239 e. The van der Waals surface area contributed by atoms with Crippen molar-refractivity contribution in [3.05, 3.63) is 0 Å². The number of amides is 2. The Balaban J connectivity index is 2.01. The Bertz CT molecular complexity index is 276. The fraction of sp³-hybridized carbons (Fsp3) is 0.833. The molecule has 3 N–H and O–H groups in total. The highest BCUT2D eigenvalue weighted by Crippen LogP contribution is 2.10. The number of hydrogen-bond donors (Lipinski definition) is 3. The molecule has 0 bridgehead atoms. The summed E-state index contributed by atoms with van der Waals surface area (Å²) in [5, 5.41) is 8.29. The van der Waals surface area contributed by atoms with Crippen LogP contribution in [0.5, 0.6) is 0 Å². The van der Waals surface area contributed by atoms with Crippen LogP contribution in [0.1, 0.15) is 26.7 Å². The minimum atomic E-state index is -0.174. The molecule has 18 heavy (non-hydrogen) atoms. The van der Waals surface area contributed by atoms with Gasteiger partial charge in [-0.1, -0.05) is 0 Å². The summed E-state index contributed by atoms with van der Waals surface area (Å²) in [6, 6.07) is 0.0899. The summed E-state index contributed by atoms with van der Waals surface area (Å²) in [5.41, 5.74) is 0. The van der Waals surface area contributed by atoms with Crippen molar-refractivity contribution in [1.29, 1.82) is 0 Å². The van der Waals surface area contributed by atoms with Crippen LogP contribution in [0.15, 0.2) is 0 Å². The molecule has 1 heterocycles. The van der Waals surface area contributed by atoms with Crippen LogP contribution in [0.4, 0.5) is 0 Å². The molecular formula is C12H23N3O3. The molecule has 1 unspecified atom stereocenters. The first-order valence-electron chi connectivity index (χ1n) is 6.46. The van der Waals surface area contributed by atoms with E-state index < -0.39 is 0 Å². The van der Waals surface area contributed by atoms with Gasteiger partial charge in [-0.15, -0.1) is 0 Å². The van der Waals surface area contributed by atoms with Crippen LogP contribution in [0, 0.1) is 0 Å². The zero-order valence-corrected chi connectivity index (χ0v) is 11.1. The van der Waals surface area contributed by atoms with Gasteiger partial charge in [0.25, 0.3) is 0 Å². The highest BCUT2D eigenvalue weighted by atomic mass is 16.5. The highest BCUT2D eigenvalue weighted by Gasteiger charge is 2.15. The van der Waals surface area contributed by atoms with Gasteiger partial charge in [-0.25, -0.2) is 0 Å². The zero-order chi connectivity index (χ0) is 13.4. The SMILES string of the molecule is CC(C)NC(=O)CNC(=O)CNCC1CCCO1. The second-order valence-electron chi connectivity index (χ2n) is 4.76. The summed E-state index contributed by atoms with van der Waals surface area (Å²) in [4.78, 5) is 22.7. The molecule has 1 atom stereocenters. The van der Waals surface area contributed by atoms with E-state index in [0.29, 0.717) is 6.54 Å². The molecule has 1 rings (SSSR count). The van der Waals surface area contributed by atoms with Crippen LogP contribution in [0.2, 0.25) is 0 Å². The Kier molecular flexibility index (Phi) is 6.67. The molecule has 1 saturated heterocycles. The minimum absolute atomic E-state index is 0.0264. The molecule has 104 valence electrons. The largest absolute Gasteiger partial charge is 0.377 e. The average molecular weight is 257 g/mol. The average Bonchev–Trinajstić information content (AvgIpc) is 2.78. The molecule has 0 radical (unpaired) electrons. The normalized spacial score (nSPS) is 18.9. The van der Waals surface area contributed by atoms with Gasteiger partial charge in [-0.2, -0.15) is 0 Å². The van der Waals surface area contributed by atoms with Crippen molar-refractivity contribution in [1.82, 2.24) is 16.0 Å². The van der Waals surface area contributed by atoms with Gasteiger partial charge < -0.3 is 20.7 Å². The summed E-state index contributed by atoms with van der Waals surface area (Å²) in [7, 11) is 0. The third-order valence-electron chi connectivity index (χ3n) is 2.58. The lowest BCUT2D eigenvalue weighted by molar-refractivity contribution is -0.125. The number of carbonyl (C=O) groups is 2. The summed E-state index contributed by atoms with van der Waals surface area (Å²) in [6.07, 6.45) is 2.36. The maximum Gasteiger partial charge on any atom is 0.239 e. The Morgan fingerprint density at radius 2 is 2.06 bits per heavy atom. The molecule has 0 spiro atoms. The van der Waals surface area contributed by atoms with Crippen LogP contribution < -0.4 is 16.0 Å². The quantitative estimate of drug-likeness (QED) is 0.569. The molecule has 0 aliphatic carbocycles. The lowest BCUT2D eigenvalue weighted by atomic mass is 10.2. The van der Waals surface area contributed by atoms with Crippen molar-refractivity contribution < 1.29 is 14.3 Å². The van der Waals surface area contributed by atoms with E-state index in [1.165, 1.54) is 0 Å². The van der Waals surface area contributed by atoms with Crippen LogP contribution in [-0.4, -0.2) is 50.2 Å². The number of ether oxygens (including phenoxy) is 1. The Morgan fingerprint density at radius 3 is 2.67 bits per heavy atom. The molecular weight excluding hydrogens is 234 g/mol. The third-order valence-corrected chi connectivity index (χ3v) is 2.58. The molecule has 1 fully saturated rings. The molecule has 2 amide bonds. The predicted molar refractivity (Wildman–Crippen MR) is 68.1 cm³/mol. The predicted octanol–water partition coefficient (Wildman–Crippen LogP) is -0.604. The van der Waals surface area contributed by atoms with E-state index in [1.54, 1.807) is 0 Å². The maximum absolute atomic E-state index is 11.4. The van der Waals surface area contributed by atoms with E-state index in [0.717, 1.165) is 19.4 Å². The standard InChI is InChI=1S/C12H23N3O3/c1-9(2)15-12(17)8-14-11(16)7-13-6-10-4-3-5-18-10/h9-10,13H,3-8H2,1-2H3,(H,14,16)(H,15,17). The first kappa shape index (κ1) is 14.9. The van der Waals surface area contributed by atoms with E-state index in [9.17, 15) is 9.59 Å². The van der Waals surface area contributed by atoms with Crippen LogP contribution in [0.25, 0.3) is 0 Å². The third kappa shape index (κ3) is 6.56. The molecule has 6 heteroatoms. The molecule has 0 aromatic rings. The summed E-state index contributed by atoms with van der Waals surface area (Å²) >= 11 is 0. The summed E-state index contributed by atoms with van der Waals surface area (Å²) in [6.45, 7) is 5.50. The van der Waals surface area contributed by atoms with E-state index in [4.69, 9.17) is 4.74 Å². The second kappa shape index (κ2) is 8.05. The van der Waals surface area contributed by atoms with Gasteiger partial charge in [0.05, 0.1) is 19.2 Å². The number of hydrogen-bond acceptors (Lipinski definition) is 4. The van der Waals surface area contributed by atoms with E-state index in [-0.39, 0.29) is 37.0 Å². The second-order valence-corrected chi connectivity index (χ2v) is 4.76. The Morgan fingerprint density at radius 1 is 1.28 bits per heavy atom. The Hall–Kier alpha value is -1.14. The first-order valence-corrected chi connectivity index (χ1v) is 6.46. The number of nitrogens with one attached hydrogen (secondary N) is 3. The molecule has 1 aliphatic heterocycles. The molecule has 6 nitrogen and oxygen atoms in total. The van der Waals surface area contributed by atoms with Crippen molar-refractivity contribution in [2.24, 2.45) is 0 Å². The van der Waals surface area contributed by atoms with Gasteiger partial charge in [-0.3, -0.25) is 9.59 Å². The van der Waals surface area contributed by atoms with E-state index >= 15 is 0 Å². The molecule has 0 aromatic heterocycles. The van der Waals surface area contributed by atoms with Crippen molar-refractivity contribution in [2.45, 2.75) is 38.8 Å². The van der Waals surface area contributed by atoms with Crippen LogP contribution in [0.3, 0.4) is 0 Å². The minimum Gasteiger partial charge on any atom is -0.377 e. The van der Waals surface area contributed by atoms with Gasteiger partial charge >= 0.3 is 0 Å². The number of rotatable bonds is 7. The maximum atomic E-state index is 11.4. The van der Waals surface area contributed by atoms with Crippen molar-refractivity contribution in [3.63, 3.8) is 0 Å². The molecule has 0 saturated carbocycles. The van der Waals surface area contributed by atoms with E-state index in [2.05, 4.69) is 16.0 Å². The first-order chi connectivity index (χ1) is 8.58. The topological polar surface area (TPSA) is 79.5 Å². The fourth-order valence-corrected chi connectivity index (χ4v) is 1.77. The zero-order valence-electron chi connectivity index (χ0n) is 11.1.